The number of non-ortho nitro benzene ring substituents is 1. The first-order valence-electron chi connectivity index (χ1n) is 8.07. The number of benzene rings is 2. The Morgan fingerprint density at radius 1 is 1.29 bits per heavy atom. The smallest absolute Gasteiger partial charge is 0.270 e. The number of carbonyl (C=O) groups excluding carboxylic acids is 1. The Morgan fingerprint density at radius 3 is 2.64 bits per heavy atom. The third-order valence-corrected chi connectivity index (χ3v) is 4.92. The molecule has 10 nitrogen and oxygen atoms in total. The van der Waals surface area contributed by atoms with E-state index in [1.165, 1.54) is 22.9 Å². The average Bonchev–Trinajstić information content (AvgIpc) is 3.11. The van der Waals surface area contributed by atoms with E-state index in [4.69, 9.17) is 4.74 Å². The van der Waals surface area contributed by atoms with Gasteiger partial charge in [0.1, 0.15) is 5.75 Å². The summed E-state index contributed by atoms with van der Waals surface area (Å²) in [5, 5.41) is 25.5. The van der Waals surface area contributed by atoms with E-state index in [0.717, 1.165) is 17.3 Å². The molecule has 0 saturated heterocycles. The van der Waals surface area contributed by atoms with Gasteiger partial charge in [0.2, 0.25) is 5.16 Å². The monoisotopic (exact) mass is 400 g/mol. The maximum Gasteiger partial charge on any atom is 0.270 e. The molecular formula is C17H16N6O4S. The molecule has 0 aliphatic rings. The summed E-state index contributed by atoms with van der Waals surface area (Å²) in [7, 11) is 3.24. The van der Waals surface area contributed by atoms with Gasteiger partial charge in [0, 0.05) is 30.6 Å². The number of nitro groups is 1. The number of aromatic nitrogens is 4. The Bertz CT molecular complexity index is 1010. The van der Waals surface area contributed by atoms with Crippen LogP contribution in [-0.4, -0.2) is 38.1 Å². The summed E-state index contributed by atoms with van der Waals surface area (Å²) in [4.78, 5) is 23.8. The lowest BCUT2D eigenvalue weighted by Crippen LogP contribution is -2.23. The summed E-state index contributed by atoms with van der Waals surface area (Å²) in [6.45, 7) is 0.265. The fraction of sp³-hybridized carbons (Fsp3) is 0.176. The quantitative estimate of drug-likeness (QED) is 0.473. The number of hydrogen-bond donors (Lipinski definition) is 1. The number of hydrogen-bond acceptors (Lipinski definition) is 8. The third-order valence-electron chi connectivity index (χ3n) is 3.81. The Balaban J connectivity index is 1.82. The molecule has 0 fully saturated rings. The minimum Gasteiger partial charge on any atom is -0.497 e. The van der Waals surface area contributed by atoms with Crippen molar-refractivity contribution in [1.82, 2.24) is 25.5 Å². The Labute approximate surface area is 164 Å². The molecule has 11 heteroatoms. The molecule has 0 unspecified atom stereocenters. The molecule has 0 atom stereocenters. The number of aryl methyl sites for hydroxylation is 1. The fourth-order valence-corrected chi connectivity index (χ4v) is 3.17. The summed E-state index contributed by atoms with van der Waals surface area (Å²) >= 11 is 1.15. The summed E-state index contributed by atoms with van der Waals surface area (Å²) in [5.74, 6) is 0.280. The molecule has 1 amide bonds. The molecule has 1 aromatic heterocycles. The molecule has 144 valence electrons. The lowest BCUT2D eigenvalue weighted by molar-refractivity contribution is -0.384. The minimum atomic E-state index is -0.543. The van der Waals surface area contributed by atoms with Gasteiger partial charge in [-0.15, -0.1) is 5.10 Å². The van der Waals surface area contributed by atoms with Crippen LogP contribution in [0, 0.1) is 10.1 Å². The van der Waals surface area contributed by atoms with Crippen molar-refractivity contribution >= 4 is 23.4 Å². The largest absolute Gasteiger partial charge is 0.497 e. The number of ether oxygens (including phenoxy) is 1. The van der Waals surface area contributed by atoms with Gasteiger partial charge in [0.05, 0.1) is 17.6 Å². The van der Waals surface area contributed by atoms with E-state index >= 15 is 0 Å². The number of nitro benzene ring substituents is 1. The standard InChI is InChI=1S/C17H16N6O4S/c1-22-17(19-20-21-22)28-15-8-5-12(23(25)26)9-14(15)16(24)18-10-11-3-6-13(27-2)7-4-11/h3-9H,10H2,1-2H3,(H,18,24). The number of carbonyl (C=O) groups is 1. The number of nitrogens with one attached hydrogen (secondary N) is 1. The topological polar surface area (TPSA) is 125 Å². The molecule has 0 bridgehead atoms. The summed E-state index contributed by atoms with van der Waals surface area (Å²) < 4.78 is 6.55. The average molecular weight is 400 g/mol. The zero-order valence-corrected chi connectivity index (χ0v) is 15.8. The normalized spacial score (nSPS) is 10.5. The van der Waals surface area contributed by atoms with Gasteiger partial charge in [-0.3, -0.25) is 14.9 Å². The van der Waals surface area contributed by atoms with Crippen molar-refractivity contribution in [2.45, 2.75) is 16.6 Å². The second kappa shape index (κ2) is 8.48. The van der Waals surface area contributed by atoms with Crippen LogP contribution in [0.15, 0.2) is 52.5 Å². The van der Waals surface area contributed by atoms with Crippen LogP contribution in [0.5, 0.6) is 5.75 Å². The molecular weight excluding hydrogens is 384 g/mol. The van der Waals surface area contributed by atoms with Crippen LogP contribution in [0.3, 0.4) is 0 Å². The second-order valence-corrected chi connectivity index (χ2v) is 6.66. The Kier molecular flexibility index (Phi) is 5.84. The van der Waals surface area contributed by atoms with Crippen molar-refractivity contribution in [2.75, 3.05) is 7.11 Å². The minimum absolute atomic E-state index is 0.171. The fourth-order valence-electron chi connectivity index (χ4n) is 2.32. The van der Waals surface area contributed by atoms with E-state index in [1.54, 1.807) is 26.3 Å². The molecule has 1 N–H and O–H groups in total. The molecule has 0 radical (unpaired) electrons. The van der Waals surface area contributed by atoms with Crippen LogP contribution in [0.4, 0.5) is 5.69 Å². The maximum absolute atomic E-state index is 12.7. The molecule has 0 saturated carbocycles. The number of tetrazole rings is 1. The molecule has 2 aromatic carbocycles. The van der Waals surface area contributed by atoms with E-state index < -0.39 is 10.8 Å². The zero-order valence-electron chi connectivity index (χ0n) is 15.0. The van der Waals surface area contributed by atoms with E-state index in [0.29, 0.717) is 15.8 Å². The lowest BCUT2D eigenvalue weighted by atomic mass is 10.1. The highest BCUT2D eigenvalue weighted by molar-refractivity contribution is 7.99. The van der Waals surface area contributed by atoms with Crippen molar-refractivity contribution in [3.63, 3.8) is 0 Å². The number of nitrogens with zero attached hydrogens (tertiary/aromatic N) is 5. The predicted octanol–water partition coefficient (Wildman–Crippen LogP) is 2.21. The highest BCUT2D eigenvalue weighted by Crippen LogP contribution is 2.31. The molecule has 0 spiro atoms. The highest BCUT2D eigenvalue weighted by Gasteiger charge is 2.19. The molecule has 0 aliphatic heterocycles. The van der Waals surface area contributed by atoms with E-state index in [-0.39, 0.29) is 17.8 Å². The van der Waals surface area contributed by atoms with Crippen molar-refractivity contribution in [2.24, 2.45) is 7.05 Å². The van der Waals surface area contributed by atoms with Crippen LogP contribution in [0.2, 0.25) is 0 Å². The first-order valence-corrected chi connectivity index (χ1v) is 8.89. The van der Waals surface area contributed by atoms with Gasteiger partial charge >= 0.3 is 0 Å². The predicted molar refractivity (Wildman–Crippen MR) is 100 cm³/mol. The third kappa shape index (κ3) is 4.43. The van der Waals surface area contributed by atoms with Gasteiger partial charge in [0.25, 0.3) is 11.6 Å². The van der Waals surface area contributed by atoms with Crippen LogP contribution in [0.1, 0.15) is 15.9 Å². The van der Waals surface area contributed by atoms with Crippen LogP contribution >= 0.6 is 11.8 Å². The molecule has 0 aliphatic carbocycles. The summed E-state index contributed by atoms with van der Waals surface area (Å²) in [5.41, 5.74) is 0.872. The van der Waals surface area contributed by atoms with Gasteiger partial charge in [-0.25, -0.2) is 4.68 Å². The zero-order chi connectivity index (χ0) is 20.1. The lowest BCUT2D eigenvalue weighted by Gasteiger charge is -2.10. The number of methoxy groups -OCH3 is 1. The van der Waals surface area contributed by atoms with E-state index in [1.807, 2.05) is 12.1 Å². The second-order valence-electron chi connectivity index (χ2n) is 5.66. The van der Waals surface area contributed by atoms with Gasteiger partial charge in [0.15, 0.2) is 0 Å². The van der Waals surface area contributed by atoms with Gasteiger partial charge < -0.3 is 10.1 Å². The highest BCUT2D eigenvalue weighted by atomic mass is 32.2. The Morgan fingerprint density at radius 2 is 2.04 bits per heavy atom. The van der Waals surface area contributed by atoms with Crippen molar-refractivity contribution in [3.05, 3.63) is 63.7 Å². The van der Waals surface area contributed by atoms with Crippen molar-refractivity contribution < 1.29 is 14.5 Å². The van der Waals surface area contributed by atoms with E-state index in [2.05, 4.69) is 20.8 Å². The van der Waals surface area contributed by atoms with Crippen LogP contribution in [0.25, 0.3) is 0 Å². The van der Waals surface area contributed by atoms with Gasteiger partial charge in [-0.2, -0.15) is 0 Å². The van der Waals surface area contributed by atoms with Crippen molar-refractivity contribution in [1.29, 1.82) is 0 Å². The van der Waals surface area contributed by atoms with Gasteiger partial charge in [-0.1, -0.05) is 12.1 Å². The molecule has 1 heterocycles. The SMILES string of the molecule is COc1ccc(CNC(=O)c2cc([N+](=O)[O-])ccc2Sc2nnnn2C)cc1. The van der Waals surface area contributed by atoms with Crippen LogP contribution < -0.4 is 10.1 Å². The maximum atomic E-state index is 12.7. The van der Waals surface area contributed by atoms with Gasteiger partial charge in [-0.05, 0) is 46.0 Å². The first kappa shape index (κ1) is 19.3. The first-order chi connectivity index (χ1) is 13.5. The van der Waals surface area contributed by atoms with Crippen molar-refractivity contribution in [3.8, 4) is 5.75 Å². The van der Waals surface area contributed by atoms with Crippen LogP contribution in [-0.2, 0) is 13.6 Å². The summed E-state index contributed by atoms with van der Waals surface area (Å²) in [6, 6.07) is 11.3. The van der Waals surface area contributed by atoms with E-state index in [9.17, 15) is 14.9 Å². The number of amides is 1. The Hall–Kier alpha value is -3.47. The molecule has 3 aromatic rings. The molecule has 3 rings (SSSR count). The summed E-state index contributed by atoms with van der Waals surface area (Å²) in [6.07, 6.45) is 0. The number of rotatable bonds is 7. The molecule has 28 heavy (non-hydrogen) atoms.